The predicted octanol–water partition coefficient (Wildman–Crippen LogP) is 4.61. The summed E-state index contributed by atoms with van der Waals surface area (Å²) in [7, 11) is -7.28. The Hall–Kier alpha value is -3.17. The second-order valence-corrected chi connectivity index (χ2v) is 12.1. The Bertz CT molecular complexity index is 1430. The first-order chi connectivity index (χ1) is 16.1. The normalized spacial score (nSPS) is 16.4. The molecule has 3 aromatic carbocycles. The molecule has 0 saturated heterocycles. The van der Waals surface area contributed by atoms with E-state index in [1.54, 1.807) is 62.4 Å². The average Bonchev–Trinajstić information content (AvgIpc) is 3.26. The van der Waals surface area contributed by atoms with E-state index >= 15 is 0 Å². The number of hydrazone groups is 1. The molecule has 0 saturated carbocycles. The summed E-state index contributed by atoms with van der Waals surface area (Å²) < 4.78 is 54.7. The lowest BCUT2D eigenvalue weighted by molar-refractivity contribution is 0.371. The summed E-state index contributed by atoms with van der Waals surface area (Å²) in [5.41, 5.74) is 4.40. The second-order valence-electron chi connectivity index (χ2n) is 8.30. The Morgan fingerprint density at radius 3 is 2.18 bits per heavy atom. The van der Waals surface area contributed by atoms with Crippen molar-refractivity contribution in [1.82, 2.24) is 4.41 Å². The number of benzene rings is 3. The third kappa shape index (κ3) is 4.85. The summed E-state index contributed by atoms with van der Waals surface area (Å²) in [4.78, 5) is 0.224. The van der Waals surface area contributed by atoms with Gasteiger partial charge in [-0.2, -0.15) is 17.9 Å². The molecule has 4 rings (SSSR count). The van der Waals surface area contributed by atoms with Crippen molar-refractivity contribution in [3.8, 4) is 0 Å². The van der Waals surface area contributed by atoms with Crippen LogP contribution in [-0.4, -0.2) is 32.7 Å². The van der Waals surface area contributed by atoms with Crippen LogP contribution < -0.4 is 4.72 Å². The van der Waals surface area contributed by atoms with E-state index in [0.717, 1.165) is 16.7 Å². The molecule has 7 nitrogen and oxygen atoms in total. The van der Waals surface area contributed by atoms with Gasteiger partial charge in [-0.3, -0.25) is 4.72 Å². The van der Waals surface area contributed by atoms with Gasteiger partial charge in [0.2, 0.25) is 10.0 Å². The summed E-state index contributed by atoms with van der Waals surface area (Å²) in [6.07, 6.45) is 0.397. The quantitative estimate of drug-likeness (QED) is 0.516. The number of hydrogen-bond donors (Lipinski definition) is 1. The highest BCUT2D eigenvalue weighted by molar-refractivity contribution is 7.92. The molecule has 0 radical (unpaired) electrons. The highest BCUT2D eigenvalue weighted by Gasteiger charge is 2.38. The van der Waals surface area contributed by atoms with Gasteiger partial charge in [-0.05, 0) is 55.7 Å². The van der Waals surface area contributed by atoms with Crippen LogP contribution in [0.3, 0.4) is 0 Å². The summed E-state index contributed by atoms with van der Waals surface area (Å²) >= 11 is 0. The van der Waals surface area contributed by atoms with Crippen molar-refractivity contribution >= 4 is 31.4 Å². The second kappa shape index (κ2) is 9.23. The molecule has 0 spiro atoms. The average molecular weight is 498 g/mol. The van der Waals surface area contributed by atoms with Gasteiger partial charge in [-0.25, -0.2) is 8.42 Å². The molecule has 0 bridgehead atoms. The van der Waals surface area contributed by atoms with E-state index < -0.39 is 26.1 Å². The van der Waals surface area contributed by atoms with Crippen LogP contribution in [0.1, 0.15) is 41.6 Å². The minimum absolute atomic E-state index is 0.0224. The van der Waals surface area contributed by atoms with Crippen LogP contribution in [0.4, 0.5) is 5.69 Å². The number of rotatable bonds is 7. The van der Waals surface area contributed by atoms with Gasteiger partial charge in [0.15, 0.2) is 0 Å². The molecule has 9 heteroatoms. The van der Waals surface area contributed by atoms with E-state index in [-0.39, 0.29) is 10.6 Å². The maximum atomic E-state index is 13.7. The first-order valence-corrected chi connectivity index (χ1v) is 14.0. The lowest BCUT2D eigenvalue weighted by Gasteiger charge is -2.24. The summed E-state index contributed by atoms with van der Waals surface area (Å²) in [6, 6.07) is 21.0. The van der Waals surface area contributed by atoms with Crippen LogP contribution in [0, 0.1) is 13.8 Å². The number of nitrogens with one attached hydrogen (secondary N) is 1. The number of hydrogen-bond acceptors (Lipinski definition) is 5. The van der Waals surface area contributed by atoms with E-state index in [2.05, 4.69) is 9.82 Å². The zero-order valence-electron chi connectivity index (χ0n) is 19.3. The molecular weight excluding hydrogens is 470 g/mol. The fourth-order valence-corrected chi connectivity index (χ4v) is 6.15. The number of sulfonamides is 2. The minimum atomic E-state index is -3.90. The van der Waals surface area contributed by atoms with E-state index in [1.165, 1.54) is 4.41 Å². The summed E-state index contributed by atoms with van der Waals surface area (Å²) in [6.45, 7) is 5.32. The number of anilines is 1. The molecule has 1 atom stereocenters. The lowest BCUT2D eigenvalue weighted by Crippen LogP contribution is -2.27. The van der Waals surface area contributed by atoms with Crippen molar-refractivity contribution in [2.75, 3.05) is 10.5 Å². The van der Waals surface area contributed by atoms with Gasteiger partial charge in [-0.1, -0.05) is 60.2 Å². The Morgan fingerprint density at radius 2 is 1.56 bits per heavy atom. The third-order valence-electron chi connectivity index (χ3n) is 5.82. The molecule has 34 heavy (non-hydrogen) atoms. The molecule has 0 aromatic heterocycles. The fraction of sp³-hybridized carbons (Fsp3) is 0.240. The highest BCUT2D eigenvalue weighted by atomic mass is 32.2. The fourth-order valence-electron chi connectivity index (χ4n) is 3.85. The van der Waals surface area contributed by atoms with Gasteiger partial charge < -0.3 is 0 Å². The Morgan fingerprint density at radius 1 is 0.912 bits per heavy atom. The highest BCUT2D eigenvalue weighted by Crippen LogP contribution is 2.38. The summed E-state index contributed by atoms with van der Waals surface area (Å²) in [5.74, 6) is -0.0224. The molecule has 1 aliphatic heterocycles. The van der Waals surface area contributed by atoms with E-state index in [9.17, 15) is 16.8 Å². The Balaban J connectivity index is 1.73. The van der Waals surface area contributed by atoms with Crippen molar-refractivity contribution in [3.05, 3.63) is 95.1 Å². The molecular formula is C25H27N3O4S2. The Kier molecular flexibility index (Phi) is 6.51. The molecule has 1 aliphatic rings. The van der Waals surface area contributed by atoms with Gasteiger partial charge in [-0.15, -0.1) is 0 Å². The van der Waals surface area contributed by atoms with Crippen LogP contribution >= 0.6 is 0 Å². The van der Waals surface area contributed by atoms with E-state index in [0.29, 0.717) is 23.4 Å². The van der Waals surface area contributed by atoms with Crippen LogP contribution in [-0.2, 0) is 20.0 Å². The largest absolute Gasteiger partial charge is 0.284 e. The molecule has 1 unspecified atom stereocenters. The molecule has 178 valence electrons. The lowest BCUT2D eigenvalue weighted by atomic mass is 9.98. The Labute approximate surface area is 201 Å². The maximum Gasteiger partial charge on any atom is 0.279 e. The molecule has 3 aromatic rings. The van der Waals surface area contributed by atoms with Gasteiger partial charge in [0.05, 0.1) is 22.4 Å². The van der Waals surface area contributed by atoms with Gasteiger partial charge in [0, 0.05) is 12.1 Å². The number of aryl methyl sites for hydroxylation is 2. The smallest absolute Gasteiger partial charge is 0.279 e. The predicted molar refractivity (Wildman–Crippen MR) is 135 cm³/mol. The van der Waals surface area contributed by atoms with E-state index in [1.807, 2.05) is 31.2 Å². The SMILES string of the molecule is CCS(=O)(=O)Nc1ccc(C2=NN(S(=O)(=O)c3ccccc3C)C(c3ccc(C)cc3)C2)cc1. The molecule has 0 amide bonds. The topological polar surface area (TPSA) is 95.9 Å². The zero-order chi connectivity index (χ0) is 24.5. The van der Waals surface area contributed by atoms with E-state index in [4.69, 9.17) is 0 Å². The van der Waals surface area contributed by atoms with Crippen molar-refractivity contribution in [2.24, 2.45) is 5.10 Å². The molecule has 0 fully saturated rings. The van der Waals surface area contributed by atoms with Crippen molar-refractivity contribution in [1.29, 1.82) is 0 Å². The summed E-state index contributed by atoms with van der Waals surface area (Å²) in [5, 5.41) is 4.57. The van der Waals surface area contributed by atoms with Crippen molar-refractivity contribution in [3.63, 3.8) is 0 Å². The van der Waals surface area contributed by atoms with Gasteiger partial charge in [0.25, 0.3) is 10.0 Å². The molecule has 0 aliphatic carbocycles. The van der Waals surface area contributed by atoms with Crippen LogP contribution in [0.5, 0.6) is 0 Å². The van der Waals surface area contributed by atoms with Crippen molar-refractivity contribution in [2.45, 2.75) is 38.1 Å². The van der Waals surface area contributed by atoms with Crippen LogP contribution in [0.15, 0.2) is 82.8 Å². The van der Waals surface area contributed by atoms with Crippen LogP contribution in [0.25, 0.3) is 0 Å². The number of nitrogens with zero attached hydrogens (tertiary/aromatic N) is 2. The molecule has 1 heterocycles. The monoisotopic (exact) mass is 497 g/mol. The third-order valence-corrected chi connectivity index (χ3v) is 8.97. The zero-order valence-corrected chi connectivity index (χ0v) is 20.9. The maximum absolute atomic E-state index is 13.7. The van der Waals surface area contributed by atoms with Gasteiger partial charge >= 0.3 is 0 Å². The first-order valence-electron chi connectivity index (χ1n) is 11.0. The molecule has 1 N–H and O–H groups in total. The standard InChI is InChI=1S/C25H27N3O4S2/c1-4-33(29,30)27-22-15-13-20(14-16-22)23-17-24(21-11-9-18(2)10-12-21)28(26-23)34(31,32)25-8-6-5-7-19(25)3/h5-16,24,27H,4,17H2,1-3H3. The van der Waals surface area contributed by atoms with Crippen molar-refractivity contribution < 1.29 is 16.8 Å². The first kappa shape index (κ1) is 24.0. The van der Waals surface area contributed by atoms with Crippen LogP contribution in [0.2, 0.25) is 0 Å². The minimum Gasteiger partial charge on any atom is -0.284 e. The van der Waals surface area contributed by atoms with Gasteiger partial charge in [0.1, 0.15) is 0 Å².